The Balaban J connectivity index is 2.43. The highest BCUT2D eigenvalue weighted by Crippen LogP contribution is 2.05. The van der Waals surface area contributed by atoms with E-state index in [1.165, 1.54) is 0 Å². The second-order valence-electron chi connectivity index (χ2n) is 4.39. The lowest BCUT2D eigenvalue weighted by atomic mass is 10.1. The van der Waals surface area contributed by atoms with Crippen LogP contribution in [0.4, 0.5) is 5.82 Å². The number of halogens is 1. The average molecular weight is 243 g/mol. The molecule has 0 bridgehead atoms. The molecule has 0 radical (unpaired) electrons. The summed E-state index contributed by atoms with van der Waals surface area (Å²) >= 11 is 5.57. The molecule has 0 spiro atoms. The van der Waals surface area contributed by atoms with Crippen molar-refractivity contribution in [3.63, 3.8) is 0 Å². The van der Waals surface area contributed by atoms with Gasteiger partial charge in [-0.3, -0.25) is 4.79 Å². The van der Waals surface area contributed by atoms with Gasteiger partial charge in [-0.2, -0.15) is 0 Å². The van der Waals surface area contributed by atoms with Crippen LogP contribution in [0.2, 0.25) is 5.15 Å². The van der Waals surface area contributed by atoms with Gasteiger partial charge >= 0.3 is 0 Å². The van der Waals surface area contributed by atoms with E-state index in [-0.39, 0.29) is 18.0 Å². The Morgan fingerprint density at radius 2 is 2.06 bits per heavy atom. The summed E-state index contributed by atoms with van der Waals surface area (Å²) < 4.78 is 0. The van der Waals surface area contributed by atoms with Crippen molar-refractivity contribution < 1.29 is 4.79 Å². The molecule has 1 aromatic heterocycles. The van der Waals surface area contributed by atoms with Crippen molar-refractivity contribution in [1.29, 1.82) is 0 Å². The molecule has 0 saturated heterocycles. The van der Waals surface area contributed by atoms with Crippen molar-refractivity contribution in [2.24, 2.45) is 0 Å². The molecule has 0 fully saturated rings. The molecule has 2 N–H and O–H groups in total. The monoisotopic (exact) mass is 242 g/mol. The Hall–Kier alpha value is -1.20. The number of amides is 1. The molecule has 0 aliphatic heterocycles. The van der Waals surface area contributed by atoms with Crippen molar-refractivity contribution in [3.05, 3.63) is 17.3 Å². The smallest absolute Gasteiger partial charge is 0.239 e. The third kappa shape index (κ3) is 5.04. The molecule has 16 heavy (non-hydrogen) atoms. The first-order valence-electron chi connectivity index (χ1n) is 4.91. The molecule has 0 aromatic carbocycles. The van der Waals surface area contributed by atoms with Crippen molar-refractivity contribution in [2.45, 2.75) is 26.3 Å². The number of hydrogen-bond donors (Lipinski definition) is 2. The fourth-order valence-electron chi connectivity index (χ4n) is 0.915. The summed E-state index contributed by atoms with van der Waals surface area (Å²) in [4.78, 5) is 11.5. The molecule has 1 amide bonds. The fraction of sp³-hybridized carbons (Fsp3) is 0.500. The highest BCUT2D eigenvalue weighted by molar-refractivity contribution is 6.29. The number of nitrogens with one attached hydrogen (secondary N) is 2. The van der Waals surface area contributed by atoms with E-state index in [2.05, 4.69) is 20.8 Å². The topological polar surface area (TPSA) is 66.9 Å². The van der Waals surface area contributed by atoms with Gasteiger partial charge in [-0.05, 0) is 32.9 Å². The van der Waals surface area contributed by atoms with Crippen molar-refractivity contribution in [3.8, 4) is 0 Å². The molecule has 0 aliphatic rings. The van der Waals surface area contributed by atoms with Crippen molar-refractivity contribution in [2.75, 3.05) is 11.9 Å². The van der Waals surface area contributed by atoms with Crippen LogP contribution in [0.1, 0.15) is 20.8 Å². The quantitative estimate of drug-likeness (QED) is 0.842. The first kappa shape index (κ1) is 12.9. The number of rotatable bonds is 3. The van der Waals surface area contributed by atoms with Crippen LogP contribution in [-0.4, -0.2) is 28.2 Å². The Bertz CT molecular complexity index is 358. The standard InChI is InChI=1S/C10H15ClN4O/c1-10(2,3)12-6-9(16)13-8-5-4-7(11)14-15-8/h4-5,12H,6H2,1-3H3,(H,13,15,16). The summed E-state index contributed by atoms with van der Waals surface area (Å²) in [5.41, 5.74) is -0.0942. The van der Waals surface area contributed by atoms with Gasteiger partial charge in [0.1, 0.15) is 0 Å². The minimum atomic E-state index is -0.161. The minimum absolute atomic E-state index is 0.0942. The first-order valence-corrected chi connectivity index (χ1v) is 5.29. The highest BCUT2D eigenvalue weighted by atomic mass is 35.5. The summed E-state index contributed by atoms with van der Waals surface area (Å²) in [6, 6.07) is 3.17. The molecular weight excluding hydrogens is 228 g/mol. The van der Waals surface area contributed by atoms with Gasteiger partial charge in [0.05, 0.1) is 6.54 Å². The van der Waals surface area contributed by atoms with Gasteiger partial charge in [-0.1, -0.05) is 11.6 Å². The molecule has 6 heteroatoms. The van der Waals surface area contributed by atoms with Crippen LogP contribution < -0.4 is 10.6 Å². The minimum Gasteiger partial charge on any atom is -0.308 e. The second-order valence-corrected chi connectivity index (χ2v) is 4.78. The zero-order valence-electron chi connectivity index (χ0n) is 9.54. The maximum absolute atomic E-state index is 11.5. The molecule has 5 nitrogen and oxygen atoms in total. The van der Waals surface area contributed by atoms with E-state index in [1.54, 1.807) is 12.1 Å². The normalized spacial score (nSPS) is 11.2. The molecule has 0 atom stereocenters. The molecule has 1 aromatic rings. The van der Waals surface area contributed by atoms with Crippen LogP contribution in [0.3, 0.4) is 0 Å². The van der Waals surface area contributed by atoms with Crippen molar-refractivity contribution >= 4 is 23.3 Å². The molecule has 0 aliphatic carbocycles. The maximum Gasteiger partial charge on any atom is 0.239 e. The second kappa shape index (κ2) is 5.23. The summed E-state index contributed by atoms with van der Waals surface area (Å²) in [5.74, 6) is 0.233. The SMILES string of the molecule is CC(C)(C)NCC(=O)Nc1ccc(Cl)nn1. The summed E-state index contributed by atoms with van der Waals surface area (Å²) in [6.45, 7) is 6.20. The predicted molar refractivity (Wildman–Crippen MR) is 63.4 cm³/mol. The lowest BCUT2D eigenvalue weighted by molar-refractivity contribution is -0.115. The van der Waals surface area contributed by atoms with Crippen LogP contribution in [0.15, 0.2) is 12.1 Å². The molecule has 88 valence electrons. The van der Waals surface area contributed by atoms with E-state index < -0.39 is 0 Å². The van der Waals surface area contributed by atoms with E-state index in [0.717, 1.165) is 0 Å². The number of carbonyl (C=O) groups is 1. The maximum atomic E-state index is 11.5. The molecule has 1 heterocycles. The van der Waals surface area contributed by atoms with Gasteiger partial charge in [-0.15, -0.1) is 10.2 Å². The Labute approximate surface area is 99.6 Å². The lowest BCUT2D eigenvalue weighted by Crippen LogP contribution is -2.41. The van der Waals surface area contributed by atoms with Gasteiger partial charge in [0.2, 0.25) is 5.91 Å². The zero-order valence-corrected chi connectivity index (χ0v) is 10.3. The zero-order chi connectivity index (χ0) is 12.2. The van der Waals surface area contributed by atoms with Crippen molar-refractivity contribution in [1.82, 2.24) is 15.5 Å². The summed E-state index contributed by atoms with van der Waals surface area (Å²) in [7, 11) is 0. The molecule has 1 rings (SSSR count). The van der Waals surface area contributed by atoms with Crippen LogP contribution in [0.25, 0.3) is 0 Å². The average Bonchev–Trinajstić information content (AvgIpc) is 2.18. The van der Waals surface area contributed by atoms with Gasteiger partial charge in [0.15, 0.2) is 11.0 Å². The molecular formula is C10H15ClN4O. The molecule has 0 unspecified atom stereocenters. The number of hydrogen-bond acceptors (Lipinski definition) is 4. The summed E-state index contributed by atoms with van der Waals surface area (Å²) in [5, 5.41) is 13.3. The van der Waals surface area contributed by atoms with Gasteiger partial charge in [-0.25, -0.2) is 0 Å². The predicted octanol–water partition coefficient (Wildman–Crippen LogP) is 1.46. The first-order chi connectivity index (χ1) is 7.37. The Kier molecular flexibility index (Phi) is 4.20. The summed E-state index contributed by atoms with van der Waals surface area (Å²) in [6.07, 6.45) is 0. The van der Waals surface area contributed by atoms with Crippen LogP contribution in [0.5, 0.6) is 0 Å². The number of nitrogens with zero attached hydrogens (tertiary/aromatic N) is 2. The lowest BCUT2D eigenvalue weighted by Gasteiger charge is -2.19. The third-order valence-corrected chi connectivity index (χ3v) is 1.88. The van der Waals surface area contributed by atoms with Crippen LogP contribution in [-0.2, 0) is 4.79 Å². The third-order valence-electron chi connectivity index (χ3n) is 1.68. The van der Waals surface area contributed by atoms with Crippen LogP contribution in [0, 0.1) is 0 Å². The number of anilines is 1. The van der Waals surface area contributed by atoms with Gasteiger partial charge in [0, 0.05) is 5.54 Å². The van der Waals surface area contributed by atoms with Gasteiger partial charge < -0.3 is 10.6 Å². The highest BCUT2D eigenvalue weighted by Gasteiger charge is 2.11. The largest absolute Gasteiger partial charge is 0.308 e. The van der Waals surface area contributed by atoms with E-state index in [9.17, 15) is 4.79 Å². The number of aromatic nitrogens is 2. The Morgan fingerprint density at radius 3 is 2.56 bits per heavy atom. The van der Waals surface area contributed by atoms with E-state index >= 15 is 0 Å². The van der Waals surface area contributed by atoms with Gasteiger partial charge in [0.25, 0.3) is 0 Å². The van der Waals surface area contributed by atoms with E-state index in [4.69, 9.17) is 11.6 Å². The van der Waals surface area contributed by atoms with Crippen LogP contribution >= 0.6 is 11.6 Å². The Morgan fingerprint density at radius 1 is 1.38 bits per heavy atom. The van der Waals surface area contributed by atoms with E-state index in [0.29, 0.717) is 11.0 Å². The fourth-order valence-corrected chi connectivity index (χ4v) is 1.02. The van der Waals surface area contributed by atoms with E-state index in [1.807, 2.05) is 20.8 Å². The molecule has 0 saturated carbocycles. The number of carbonyl (C=O) groups excluding carboxylic acids is 1.